The van der Waals surface area contributed by atoms with Gasteiger partial charge in [-0.3, -0.25) is 14.3 Å². The Balaban J connectivity index is 1.33. The van der Waals surface area contributed by atoms with Crippen LogP contribution < -0.4 is 4.90 Å². The highest BCUT2D eigenvalue weighted by molar-refractivity contribution is 5.92. The molecule has 4 rings (SSSR count). The molecule has 2 aromatic rings. The monoisotopic (exact) mass is 415 g/mol. The summed E-state index contributed by atoms with van der Waals surface area (Å²) in [4.78, 5) is 31.1. The first-order chi connectivity index (χ1) is 14.5. The number of nitrogens with zero attached hydrogens (tertiary/aromatic N) is 5. The fourth-order valence-corrected chi connectivity index (χ4v) is 3.80. The van der Waals surface area contributed by atoms with Gasteiger partial charge in [-0.05, 0) is 37.3 Å². The molecule has 1 aromatic heterocycles. The highest BCUT2D eigenvalue weighted by Crippen LogP contribution is 2.17. The fourth-order valence-electron chi connectivity index (χ4n) is 3.80. The predicted molar refractivity (Wildman–Crippen MR) is 109 cm³/mol. The second-order valence-electron chi connectivity index (χ2n) is 7.58. The molecule has 0 N–H and O–H groups in total. The number of carbonyl (C=O) groups is 2. The Kier molecular flexibility index (Phi) is 5.98. The number of ether oxygens (including phenoxy) is 1. The van der Waals surface area contributed by atoms with Crippen molar-refractivity contribution in [3.05, 3.63) is 47.5 Å². The molecule has 0 atom stereocenters. The van der Waals surface area contributed by atoms with Gasteiger partial charge < -0.3 is 19.4 Å². The molecule has 0 saturated carbocycles. The van der Waals surface area contributed by atoms with Gasteiger partial charge in [0, 0.05) is 50.6 Å². The van der Waals surface area contributed by atoms with E-state index in [2.05, 4.69) is 10.00 Å². The standard InChI is InChI=1S/C21H26FN5O3/c1-16-14-19(21(29)26-10-12-30-13-11-26)23-27(16)15-20(28)25-8-6-24(7-9-25)18-4-2-17(22)3-5-18/h2-5,14H,6-13,15H2,1H3. The quantitative estimate of drug-likeness (QED) is 0.749. The van der Waals surface area contributed by atoms with Gasteiger partial charge >= 0.3 is 0 Å². The first kappa shape index (κ1) is 20.3. The Bertz CT molecular complexity index is 900. The maximum Gasteiger partial charge on any atom is 0.274 e. The van der Waals surface area contributed by atoms with Crippen LogP contribution in [0.5, 0.6) is 0 Å². The number of carbonyl (C=O) groups excluding carboxylic acids is 2. The number of benzene rings is 1. The highest BCUT2D eigenvalue weighted by atomic mass is 19.1. The summed E-state index contributed by atoms with van der Waals surface area (Å²) in [5.74, 6) is -0.403. The van der Waals surface area contributed by atoms with Gasteiger partial charge in [0.05, 0.1) is 13.2 Å². The van der Waals surface area contributed by atoms with Crippen molar-refractivity contribution in [3.63, 3.8) is 0 Å². The molecular weight excluding hydrogens is 389 g/mol. The minimum Gasteiger partial charge on any atom is -0.378 e. The number of piperazine rings is 1. The average molecular weight is 415 g/mol. The molecule has 1 aromatic carbocycles. The van der Waals surface area contributed by atoms with Gasteiger partial charge in [-0.2, -0.15) is 5.10 Å². The number of rotatable bonds is 4. The highest BCUT2D eigenvalue weighted by Gasteiger charge is 2.24. The zero-order valence-corrected chi connectivity index (χ0v) is 17.1. The van der Waals surface area contributed by atoms with Crippen molar-refractivity contribution >= 4 is 17.5 Å². The van der Waals surface area contributed by atoms with Gasteiger partial charge in [0.25, 0.3) is 5.91 Å². The Hall–Kier alpha value is -2.94. The third-order valence-electron chi connectivity index (χ3n) is 5.61. The summed E-state index contributed by atoms with van der Waals surface area (Å²) >= 11 is 0. The van der Waals surface area contributed by atoms with Crippen molar-refractivity contribution in [2.75, 3.05) is 57.4 Å². The van der Waals surface area contributed by atoms with E-state index in [4.69, 9.17) is 4.74 Å². The Morgan fingerprint density at radius 3 is 2.33 bits per heavy atom. The van der Waals surface area contributed by atoms with Gasteiger partial charge in [0.15, 0.2) is 5.69 Å². The smallest absolute Gasteiger partial charge is 0.274 e. The van der Waals surface area contributed by atoms with E-state index < -0.39 is 0 Å². The molecule has 160 valence electrons. The van der Waals surface area contributed by atoms with Crippen molar-refractivity contribution in [1.29, 1.82) is 0 Å². The number of hydrogen-bond acceptors (Lipinski definition) is 5. The summed E-state index contributed by atoms with van der Waals surface area (Å²) in [5.41, 5.74) is 2.10. The Morgan fingerprint density at radius 1 is 1.00 bits per heavy atom. The second kappa shape index (κ2) is 8.83. The molecule has 0 bridgehead atoms. The van der Waals surface area contributed by atoms with Gasteiger partial charge in [-0.25, -0.2) is 4.39 Å². The van der Waals surface area contributed by atoms with Gasteiger partial charge in [-0.15, -0.1) is 0 Å². The van der Waals surface area contributed by atoms with Crippen molar-refractivity contribution in [2.24, 2.45) is 0 Å². The van der Waals surface area contributed by atoms with E-state index in [1.54, 1.807) is 27.8 Å². The van der Waals surface area contributed by atoms with Crippen LogP contribution in [0.25, 0.3) is 0 Å². The molecule has 3 heterocycles. The van der Waals surface area contributed by atoms with Gasteiger partial charge in [0.1, 0.15) is 12.4 Å². The van der Waals surface area contributed by atoms with Crippen LogP contribution >= 0.6 is 0 Å². The van der Waals surface area contributed by atoms with Crippen LogP contribution in [-0.4, -0.2) is 83.9 Å². The molecule has 0 spiro atoms. The number of morpholine rings is 1. The van der Waals surface area contributed by atoms with E-state index in [1.165, 1.54) is 12.1 Å². The summed E-state index contributed by atoms with van der Waals surface area (Å²) in [6, 6.07) is 8.14. The second-order valence-corrected chi connectivity index (χ2v) is 7.58. The maximum atomic E-state index is 13.1. The summed E-state index contributed by atoms with van der Waals surface area (Å²) in [6.45, 7) is 6.71. The molecule has 30 heavy (non-hydrogen) atoms. The molecular formula is C21H26FN5O3. The SMILES string of the molecule is Cc1cc(C(=O)N2CCOCC2)nn1CC(=O)N1CCN(c2ccc(F)cc2)CC1. The van der Waals surface area contributed by atoms with E-state index in [0.29, 0.717) is 58.2 Å². The van der Waals surface area contributed by atoms with E-state index in [0.717, 1.165) is 11.4 Å². The number of anilines is 1. The van der Waals surface area contributed by atoms with Crippen molar-refractivity contribution in [2.45, 2.75) is 13.5 Å². The largest absolute Gasteiger partial charge is 0.378 e. The van der Waals surface area contributed by atoms with Crippen LogP contribution in [-0.2, 0) is 16.1 Å². The predicted octanol–water partition coefficient (Wildman–Crippen LogP) is 1.15. The molecule has 0 unspecified atom stereocenters. The number of aromatic nitrogens is 2. The Morgan fingerprint density at radius 2 is 1.67 bits per heavy atom. The normalized spacial score (nSPS) is 17.3. The summed E-state index contributed by atoms with van der Waals surface area (Å²) in [5, 5.41) is 4.38. The van der Waals surface area contributed by atoms with Crippen LogP contribution in [0.1, 0.15) is 16.2 Å². The summed E-state index contributed by atoms with van der Waals surface area (Å²) < 4.78 is 20.0. The Labute approximate surface area is 174 Å². The van der Waals surface area contributed by atoms with Crippen LogP contribution in [0.3, 0.4) is 0 Å². The first-order valence-corrected chi connectivity index (χ1v) is 10.2. The third-order valence-corrected chi connectivity index (χ3v) is 5.61. The van der Waals surface area contributed by atoms with E-state index in [1.807, 2.05) is 11.8 Å². The molecule has 2 saturated heterocycles. The molecule has 8 nitrogen and oxygen atoms in total. The zero-order valence-electron chi connectivity index (χ0n) is 17.1. The molecule has 0 aliphatic carbocycles. The van der Waals surface area contributed by atoms with Crippen molar-refractivity contribution in [3.8, 4) is 0 Å². The van der Waals surface area contributed by atoms with Crippen molar-refractivity contribution < 1.29 is 18.7 Å². The average Bonchev–Trinajstić information content (AvgIpc) is 3.14. The van der Waals surface area contributed by atoms with Crippen LogP contribution in [0.15, 0.2) is 30.3 Å². The lowest BCUT2D eigenvalue weighted by Gasteiger charge is -2.36. The lowest BCUT2D eigenvalue weighted by Crippen LogP contribution is -2.49. The maximum absolute atomic E-state index is 13.1. The number of amides is 2. The summed E-state index contributed by atoms with van der Waals surface area (Å²) in [6.07, 6.45) is 0. The van der Waals surface area contributed by atoms with E-state index >= 15 is 0 Å². The van der Waals surface area contributed by atoms with E-state index in [-0.39, 0.29) is 24.2 Å². The molecule has 2 aliphatic rings. The zero-order chi connectivity index (χ0) is 21.1. The number of hydrogen-bond donors (Lipinski definition) is 0. The lowest BCUT2D eigenvalue weighted by molar-refractivity contribution is -0.132. The number of aryl methyl sites for hydroxylation is 1. The topological polar surface area (TPSA) is 70.9 Å². The molecule has 9 heteroatoms. The molecule has 0 radical (unpaired) electrons. The van der Waals surface area contributed by atoms with Crippen LogP contribution in [0.4, 0.5) is 10.1 Å². The van der Waals surface area contributed by atoms with Crippen molar-refractivity contribution in [1.82, 2.24) is 19.6 Å². The van der Waals surface area contributed by atoms with Crippen LogP contribution in [0, 0.1) is 12.7 Å². The summed E-state index contributed by atoms with van der Waals surface area (Å²) in [7, 11) is 0. The molecule has 2 aliphatic heterocycles. The lowest BCUT2D eigenvalue weighted by atomic mass is 10.2. The third kappa shape index (κ3) is 4.46. The van der Waals surface area contributed by atoms with Crippen LogP contribution in [0.2, 0.25) is 0 Å². The fraction of sp³-hybridized carbons (Fsp3) is 0.476. The number of halogens is 1. The first-order valence-electron chi connectivity index (χ1n) is 10.2. The molecule has 2 fully saturated rings. The van der Waals surface area contributed by atoms with Gasteiger partial charge in [-0.1, -0.05) is 0 Å². The minimum atomic E-state index is -0.256. The molecule has 2 amide bonds. The van der Waals surface area contributed by atoms with Gasteiger partial charge in [0.2, 0.25) is 5.91 Å². The van der Waals surface area contributed by atoms with E-state index in [9.17, 15) is 14.0 Å². The minimum absolute atomic E-state index is 0.0228.